The van der Waals surface area contributed by atoms with Crippen LogP contribution in [0.3, 0.4) is 0 Å². The lowest BCUT2D eigenvalue weighted by Gasteiger charge is -2.43. The monoisotopic (exact) mass is 321 g/mol. The average Bonchev–Trinajstić information content (AvgIpc) is 2.98. The van der Waals surface area contributed by atoms with Crippen LogP contribution >= 0.6 is 11.8 Å². The minimum atomic E-state index is 0.00743. The van der Waals surface area contributed by atoms with Crippen molar-refractivity contribution in [2.45, 2.75) is 49.8 Å². The Morgan fingerprint density at radius 2 is 2.14 bits per heavy atom. The second-order valence-corrected chi connectivity index (χ2v) is 7.52. The van der Waals surface area contributed by atoms with Crippen molar-refractivity contribution in [2.24, 2.45) is 7.05 Å². The van der Waals surface area contributed by atoms with Gasteiger partial charge in [-0.3, -0.25) is 14.3 Å². The van der Waals surface area contributed by atoms with Gasteiger partial charge < -0.3 is 4.90 Å². The molecule has 5 nitrogen and oxygen atoms in total. The summed E-state index contributed by atoms with van der Waals surface area (Å²) < 4.78 is 1.61. The molecule has 1 saturated heterocycles. The normalized spacial score (nSPS) is 24.9. The van der Waals surface area contributed by atoms with Gasteiger partial charge >= 0.3 is 0 Å². The second-order valence-electron chi connectivity index (χ2n) is 6.17. The zero-order chi connectivity index (χ0) is 15.5. The van der Waals surface area contributed by atoms with Crippen LogP contribution in [0.4, 0.5) is 0 Å². The van der Waals surface area contributed by atoms with Gasteiger partial charge in [-0.25, -0.2) is 0 Å². The number of Topliss-reactive ketones (excluding diaryl/α,β-unsaturated/α-hetero) is 1. The SMILES string of the molecule is Cn1cc(C(=O)CCC(=O)N2CCS[C@@H]3CCCC[C@@H]32)cn1. The number of amides is 1. The molecule has 2 heterocycles. The Morgan fingerprint density at radius 1 is 1.32 bits per heavy atom. The topological polar surface area (TPSA) is 55.2 Å². The molecular weight excluding hydrogens is 298 g/mol. The zero-order valence-corrected chi connectivity index (χ0v) is 13.8. The first-order valence-corrected chi connectivity index (χ1v) is 9.13. The Bertz CT molecular complexity index is 555. The highest BCUT2D eigenvalue weighted by atomic mass is 32.2. The summed E-state index contributed by atoms with van der Waals surface area (Å²) in [6.07, 6.45) is 8.75. The van der Waals surface area contributed by atoms with Gasteiger partial charge in [0, 0.05) is 49.7 Å². The van der Waals surface area contributed by atoms with Crippen LogP contribution in [0, 0.1) is 0 Å². The molecule has 120 valence electrons. The summed E-state index contributed by atoms with van der Waals surface area (Å²) in [4.78, 5) is 26.7. The summed E-state index contributed by atoms with van der Waals surface area (Å²) >= 11 is 2.02. The molecule has 1 aromatic heterocycles. The number of carbonyl (C=O) groups excluding carboxylic acids is 2. The third-order valence-corrected chi connectivity index (χ3v) is 6.04. The van der Waals surface area contributed by atoms with E-state index in [9.17, 15) is 9.59 Å². The molecule has 1 saturated carbocycles. The first kappa shape index (κ1) is 15.6. The Hall–Kier alpha value is -1.30. The molecule has 0 bridgehead atoms. The summed E-state index contributed by atoms with van der Waals surface area (Å²) in [5.41, 5.74) is 0.597. The largest absolute Gasteiger partial charge is 0.338 e. The molecule has 2 aliphatic rings. The number of rotatable bonds is 4. The Balaban J connectivity index is 1.56. The van der Waals surface area contributed by atoms with E-state index in [1.807, 2.05) is 11.8 Å². The fraction of sp³-hybridized carbons (Fsp3) is 0.688. The van der Waals surface area contributed by atoms with Gasteiger partial charge in [-0.05, 0) is 12.8 Å². The van der Waals surface area contributed by atoms with Crippen molar-refractivity contribution in [3.63, 3.8) is 0 Å². The molecule has 6 heteroatoms. The summed E-state index contributed by atoms with van der Waals surface area (Å²) in [5, 5.41) is 4.62. The standard InChI is InChI=1S/C16H23N3O2S/c1-18-11-12(10-17-18)14(20)6-7-16(21)19-8-9-22-15-5-3-2-4-13(15)19/h10-11,13,15H,2-9H2,1H3/t13-,15+/m0/s1. The zero-order valence-electron chi connectivity index (χ0n) is 13.0. The highest BCUT2D eigenvalue weighted by molar-refractivity contribution is 8.00. The number of carbonyl (C=O) groups is 2. The van der Waals surface area contributed by atoms with Gasteiger partial charge in [0.25, 0.3) is 0 Å². The van der Waals surface area contributed by atoms with Gasteiger partial charge in [0.1, 0.15) is 0 Å². The Kier molecular flexibility index (Phi) is 4.86. The van der Waals surface area contributed by atoms with Crippen molar-refractivity contribution in [1.29, 1.82) is 0 Å². The first-order valence-electron chi connectivity index (χ1n) is 8.08. The number of fused-ring (bicyclic) bond motifs is 1. The highest BCUT2D eigenvalue weighted by Gasteiger charge is 2.36. The van der Waals surface area contributed by atoms with E-state index < -0.39 is 0 Å². The molecule has 1 amide bonds. The number of nitrogens with zero attached hydrogens (tertiary/aromatic N) is 3. The number of hydrogen-bond donors (Lipinski definition) is 0. The van der Waals surface area contributed by atoms with Crippen LogP contribution in [0.1, 0.15) is 48.9 Å². The number of aromatic nitrogens is 2. The van der Waals surface area contributed by atoms with Crippen LogP contribution in [0.5, 0.6) is 0 Å². The lowest BCUT2D eigenvalue weighted by molar-refractivity contribution is -0.133. The summed E-state index contributed by atoms with van der Waals surface area (Å²) in [7, 11) is 1.79. The number of hydrogen-bond acceptors (Lipinski definition) is 4. The summed E-state index contributed by atoms with van der Waals surface area (Å²) in [5.74, 6) is 1.19. The van der Waals surface area contributed by atoms with Crippen LogP contribution < -0.4 is 0 Å². The molecule has 0 N–H and O–H groups in total. The van der Waals surface area contributed by atoms with Crippen LogP contribution in [0.2, 0.25) is 0 Å². The van der Waals surface area contributed by atoms with Crippen molar-refractivity contribution in [3.8, 4) is 0 Å². The molecule has 2 atom stereocenters. The highest BCUT2D eigenvalue weighted by Crippen LogP contribution is 2.35. The minimum Gasteiger partial charge on any atom is -0.338 e. The predicted octanol–water partition coefficient (Wildman–Crippen LogP) is 2.27. The molecule has 1 aliphatic heterocycles. The summed E-state index contributed by atoms with van der Waals surface area (Å²) in [6.45, 7) is 0.839. The van der Waals surface area contributed by atoms with E-state index in [4.69, 9.17) is 0 Å². The molecule has 1 aliphatic carbocycles. The number of ketones is 1. The van der Waals surface area contributed by atoms with Crippen LogP contribution in [0.15, 0.2) is 12.4 Å². The quantitative estimate of drug-likeness (QED) is 0.798. The van der Waals surface area contributed by atoms with E-state index in [0.29, 0.717) is 23.3 Å². The first-order chi connectivity index (χ1) is 10.6. The lowest BCUT2D eigenvalue weighted by atomic mass is 9.93. The van der Waals surface area contributed by atoms with Crippen molar-refractivity contribution in [3.05, 3.63) is 18.0 Å². The molecule has 0 radical (unpaired) electrons. The molecule has 2 fully saturated rings. The maximum absolute atomic E-state index is 12.5. The van der Waals surface area contributed by atoms with Crippen LogP contribution in [-0.4, -0.2) is 50.0 Å². The van der Waals surface area contributed by atoms with Gasteiger partial charge in [-0.2, -0.15) is 16.9 Å². The van der Waals surface area contributed by atoms with Crippen LogP contribution in [-0.2, 0) is 11.8 Å². The third kappa shape index (κ3) is 3.37. The van der Waals surface area contributed by atoms with Crippen molar-refractivity contribution in [2.75, 3.05) is 12.3 Å². The molecule has 3 rings (SSSR count). The van der Waals surface area contributed by atoms with Crippen molar-refractivity contribution >= 4 is 23.5 Å². The maximum Gasteiger partial charge on any atom is 0.223 e. The van der Waals surface area contributed by atoms with E-state index in [0.717, 1.165) is 18.7 Å². The molecule has 1 aromatic rings. The predicted molar refractivity (Wildman–Crippen MR) is 87.0 cm³/mol. The fourth-order valence-electron chi connectivity index (χ4n) is 3.48. The van der Waals surface area contributed by atoms with Gasteiger partial charge in [-0.15, -0.1) is 0 Å². The molecular formula is C16H23N3O2S. The molecule has 0 aromatic carbocycles. The maximum atomic E-state index is 12.5. The smallest absolute Gasteiger partial charge is 0.223 e. The molecule has 22 heavy (non-hydrogen) atoms. The fourth-order valence-corrected chi connectivity index (χ4v) is 4.92. The van der Waals surface area contributed by atoms with Gasteiger partial charge in [0.2, 0.25) is 5.91 Å². The lowest BCUT2D eigenvalue weighted by Crippen LogP contribution is -2.51. The van der Waals surface area contributed by atoms with Crippen LogP contribution in [0.25, 0.3) is 0 Å². The second kappa shape index (κ2) is 6.86. The van der Waals surface area contributed by atoms with Gasteiger partial charge in [0.05, 0.1) is 11.8 Å². The van der Waals surface area contributed by atoms with Gasteiger partial charge in [0.15, 0.2) is 5.78 Å². The van der Waals surface area contributed by atoms with E-state index in [-0.39, 0.29) is 18.1 Å². The van der Waals surface area contributed by atoms with E-state index in [2.05, 4.69) is 10.00 Å². The average molecular weight is 321 g/mol. The third-order valence-electron chi connectivity index (χ3n) is 4.65. The molecule has 0 spiro atoms. The number of aryl methyl sites for hydroxylation is 1. The van der Waals surface area contributed by atoms with E-state index in [1.165, 1.54) is 19.3 Å². The number of thioether (sulfide) groups is 1. The molecule has 0 unspecified atom stereocenters. The minimum absolute atomic E-state index is 0.00743. The summed E-state index contributed by atoms with van der Waals surface area (Å²) in [6, 6.07) is 0.397. The Labute approximate surface area is 135 Å². The Morgan fingerprint density at radius 3 is 2.91 bits per heavy atom. The van der Waals surface area contributed by atoms with E-state index >= 15 is 0 Å². The van der Waals surface area contributed by atoms with Crippen molar-refractivity contribution < 1.29 is 9.59 Å². The van der Waals surface area contributed by atoms with E-state index in [1.54, 1.807) is 24.1 Å². The van der Waals surface area contributed by atoms with Gasteiger partial charge in [-0.1, -0.05) is 12.8 Å². The van der Waals surface area contributed by atoms with Crippen molar-refractivity contribution in [1.82, 2.24) is 14.7 Å².